The number of hydrogen-bond acceptors (Lipinski definition) is 3. The van der Waals surface area contributed by atoms with Crippen molar-refractivity contribution in [1.29, 1.82) is 0 Å². The Labute approximate surface area is 140 Å². The highest BCUT2D eigenvalue weighted by Crippen LogP contribution is 2.25. The number of phenolic OH excluding ortho intramolecular Hbond substituents is 1. The van der Waals surface area contributed by atoms with E-state index in [1.807, 2.05) is 55.5 Å². The van der Waals surface area contributed by atoms with Crippen LogP contribution in [-0.2, 0) is 11.2 Å². The van der Waals surface area contributed by atoms with Crippen molar-refractivity contribution in [3.63, 3.8) is 0 Å². The maximum Gasteiger partial charge on any atom is 0.224 e. The Bertz CT molecular complexity index is 837. The molecule has 24 heavy (non-hydrogen) atoms. The van der Waals surface area contributed by atoms with Crippen LogP contribution in [0.15, 0.2) is 65.1 Å². The molecule has 4 nitrogen and oxygen atoms in total. The quantitative estimate of drug-likeness (QED) is 0.679. The van der Waals surface area contributed by atoms with Crippen LogP contribution in [0.1, 0.15) is 17.7 Å². The lowest BCUT2D eigenvalue weighted by Gasteiger charge is -2.07. The zero-order valence-corrected chi connectivity index (χ0v) is 13.5. The van der Waals surface area contributed by atoms with Gasteiger partial charge in [-0.05, 0) is 36.8 Å². The molecule has 0 unspecified atom stereocenters. The highest BCUT2D eigenvalue weighted by Gasteiger charge is 2.09. The minimum absolute atomic E-state index is 0.0766. The molecule has 0 saturated carbocycles. The molecule has 0 aliphatic carbocycles. The third-order valence-corrected chi connectivity index (χ3v) is 3.75. The minimum atomic E-state index is -0.160. The zero-order valence-electron chi connectivity index (χ0n) is 13.5. The van der Waals surface area contributed by atoms with Gasteiger partial charge in [-0.3, -0.25) is 4.79 Å². The number of benzene rings is 2. The Morgan fingerprint density at radius 1 is 1.08 bits per heavy atom. The summed E-state index contributed by atoms with van der Waals surface area (Å²) in [6.45, 7) is 1.88. The molecule has 0 radical (unpaired) electrons. The molecule has 0 atom stereocenters. The largest absolute Gasteiger partial charge is 0.506 e. The van der Waals surface area contributed by atoms with E-state index in [1.165, 1.54) is 0 Å². The molecule has 1 aromatic heterocycles. The summed E-state index contributed by atoms with van der Waals surface area (Å²) >= 11 is 0. The minimum Gasteiger partial charge on any atom is -0.506 e. The Balaban J connectivity index is 1.58. The standard InChI is InChI=1S/C20H19NO3/c1-14-7-10-17(18(22)13-14)21-20(23)12-9-16-8-11-19(24-16)15-5-3-2-4-6-15/h2-8,10-11,13,22H,9,12H2,1H3,(H,21,23). The number of phenols is 1. The van der Waals surface area contributed by atoms with Crippen LogP contribution in [0.2, 0.25) is 0 Å². The first-order valence-corrected chi connectivity index (χ1v) is 7.85. The van der Waals surface area contributed by atoms with Gasteiger partial charge in [0.25, 0.3) is 0 Å². The average molecular weight is 321 g/mol. The van der Waals surface area contributed by atoms with Crippen LogP contribution in [0.5, 0.6) is 5.75 Å². The molecule has 2 aromatic carbocycles. The zero-order chi connectivity index (χ0) is 16.9. The lowest BCUT2D eigenvalue weighted by atomic mass is 10.2. The van der Waals surface area contributed by atoms with Crippen LogP contribution in [-0.4, -0.2) is 11.0 Å². The maximum atomic E-state index is 12.0. The number of aromatic hydroxyl groups is 1. The second-order valence-electron chi connectivity index (χ2n) is 5.70. The summed E-state index contributed by atoms with van der Waals surface area (Å²) in [6.07, 6.45) is 0.792. The van der Waals surface area contributed by atoms with Crippen LogP contribution in [0.25, 0.3) is 11.3 Å². The van der Waals surface area contributed by atoms with E-state index in [1.54, 1.807) is 12.1 Å². The molecule has 3 aromatic rings. The smallest absolute Gasteiger partial charge is 0.224 e. The number of hydrogen-bond donors (Lipinski definition) is 2. The van der Waals surface area contributed by atoms with Crippen LogP contribution in [0, 0.1) is 6.92 Å². The molecule has 0 saturated heterocycles. The molecule has 122 valence electrons. The molecule has 4 heteroatoms. The SMILES string of the molecule is Cc1ccc(NC(=O)CCc2ccc(-c3ccccc3)o2)c(O)c1. The van der Waals surface area contributed by atoms with Crippen LogP contribution >= 0.6 is 0 Å². The fraction of sp³-hybridized carbons (Fsp3) is 0.150. The van der Waals surface area contributed by atoms with E-state index in [0.29, 0.717) is 12.1 Å². The summed E-state index contributed by atoms with van der Waals surface area (Å²) in [5.74, 6) is 1.47. The monoisotopic (exact) mass is 321 g/mol. The number of nitrogens with one attached hydrogen (secondary N) is 1. The molecular weight excluding hydrogens is 302 g/mol. The second-order valence-corrected chi connectivity index (χ2v) is 5.70. The van der Waals surface area contributed by atoms with Gasteiger partial charge in [0.05, 0.1) is 5.69 Å². The van der Waals surface area contributed by atoms with E-state index in [-0.39, 0.29) is 18.1 Å². The van der Waals surface area contributed by atoms with Gasteiger partial charge < -0.3 is 14.8 Å². The summed E-state index contributed by atoms with van der Waals surface area (Å²) < 4.78 is 5.78. The normalized spacial score (nSPS) is 10.5. The highest BCUT2D eigenvalue weighted by molar-refractivity contribution is 5.92. The fourth-order valence-corrected chi connectivity index (χ4v) is 2.47. The molecular formula is C20H19NO3. The van der Waals surface area contributed by atoms with Gasteiger partial charge in [0.1, 0.15) is 17.3 Å². The fourth-order valence-electron chi connectivity index (χ4n) is 2.47. The van der Waals surface area contributed by atoms with Crippen molar-refractivity contribution in [1.82, 2.24) is 0 Å². The van der Waals surface area contributed by atoms with E-state index in [2.05, 4.69) is 5.32 Å². The van der Waals surface area contributed by atoms with Crippen LogP contribution < -0.4 is 5.32 Å². The molecule has 0 aliphatic rings. The summed E-state index contributed by atoms with van der Waals surface area (Å²) in [5, 5.41) is 12.5. The van der Waals surface area contributed by atoms with Gasteiger partial charge in [-0.15, -0.1) is 0 Å². The number of amides is 1. The predicted octanol–water partition coefficient (Wildman–Crippen LogP) is 4.53. The Hall–Kier alpha value is -3.01. The second kappa shape index (κ2) is 7.04. The van der Waals surface area contributed by atoms with Gasteiger partial charge in [0, 0.05) is 18.4 Å². The highest BCUT2D eigenvalue weighted by atomic mass is 16.3. The number of aryl methyl sites for hydroxylation is 2. The predicted molar refractivity (Wildman–Crippen MR) is 93.9 cm³/mol. The topological polar surface area (TPSA) is 62.5 Å². The van der Waals surface area contributed by atoms with E-state index < -0.39 is 0 Å². The number of carbonyl (C=O) groups excluding carboxylic acids is 1. The molecule has 0 bridgehead atoms. The van der Waals surface area contributed by atoms with Gasteiger partial charge in [-0.2, -0.15) is 0 Å². The number of carbonyl (C=O) groups is 1. The molecule has 1 amide bonds. The average Bonchev–Trinajstić information content (AvgIpc) is 3.05. The van der Waals surface area contributed by atoms with E-state index in [9.17, 15) is 9.90 Å². The van der Waals surface area contributed by atoms with Crippen LogP contribution in [0.3, 0.4) is 0 Å². The Morgan fingerprint density at radius 2 is 1.88 bits per heavy atom. The van der Waals surface area contributed by atoms with Crippen molar-refractivity contribution in [3.05, 3.63) is 72.0 Å². The maximum absolute atomic E-state index is 12.0. The number of furan rings is 1. The first kappa shape index (κ1) is 15.9. The third-order valence-electron chi connectivity index (χ3n) is 3.75. The molecule has 0 spiro atoms. The van der Waals surface area contributed by atoms with Crippen molar-refractivity contribution >= 4 is 11.6 Å². The van der Waals surface area contributed by atoms with Crippen molar-refractivity contribution in [2.45, 2.75) is 19.8 Å². The third kappa shape index (κ3) is 3.84. The van der Waals surface area contributed by atoms with E-state index in [4.69, 9.17) is 4.42 Å². The first-order chi connectivity index (χ1) is 11.6. The van der Waals surface area contributed by atoms with Gasteiger partial charge in [-0.1, -0.05) is 36.4 Å². The lowest BCUT2D eigenvalue weighted by Crippen LogP contribution is -2.12. The molecule has 2 N–H and O–H groups in total. The van der Waals surface area contributed by atoms with Crippen molar-refractivity contribution in [2.24, 2.45) is 0 Å². The van der Waals surface area contributed by atoms with Gasteiger partial charge in [0.15, 0.2) is 0 Å². The van der Waals surface area contributed by atoms with Crippen molar-refractivity contribution < 1.29 is 14.3 Å². The number of rotatable bonds is 5. The van der Waals surface area contributed by atoms with Crippen molar-refractivity contribution in [2.75, 3.05) is 5.32 Å². The van der Waals surface area contributed by atoms with Crippen LogP contribution in [0.4, 0.5) is 5.69 Å². The van der Waals surface area contributed by atoms with Gasteiger partial charge in [-0.25, -0.2) is 0 Å². The van der Waals surface area contributed by atoms with Gasteiger partial charge in [0.2, 0.25) is 5.91 Å². The first-order valence-electron chi connectivity index (χ1n) is 7.85. The lowest BCUT2D eigenvalue weighted by molar-refractivity contribution is -0.116. The van der Waals surface area contributed by atoms with Crippen molar-refractivity contribution in [3.8, 4) is 17.1 Å². The molecule has 0 aliphatic heterocycles. The summed E-state index contributed by atoms with van der Waals surface area (Å²) in [5.41, 5.74) is 2.38. The molecule has 3 rings (SSSR count). The Kier molecular flexibility index (Phi) is 4.66. The van der Waals surface area contributed by atoms with E-state index >= 15 is 0 Å². The van der Waals surface area contributed by atoms with E-state index in [0.717, 1.165) is 22.6 Å². The molecule has 0 fully saturated rings. The van der Waals surface area contributed by atoms with Gasteiger partial charge >= 0.3 is 0 Å². The summed E-state index contributed by atoms with van der Waals surface area (Å²) in [4.78, 5) is 12.0. The molecule has 1 heterocycles. The summed E-state index contributed by atoms with van der Waals surface area (Å²) in [7, 11) is 0. The number of anilines is 1. The Morgan fingerprint density at radius 3 is 2.62 bits per heavy atom. The summed E-state index contributed by atoms with van der Waals surface area (Å²) in [6, 6.07) is 18.8.